The highest BCUT2D eigenvalue weighted by atomic mass is 16.6. The fourth-order valence-corrected chi connectivity index (χ4v) is 1.50. The van der Waals surface area contributed by atoms with Crippen LogP contribution in [0.3, 0.4) is 0 Å². The van der Waals surface area contributed by atoms with E-state index in [0.717, 1.165) is 0 Å². The molecule has 0 unspecified atom stereocenters. The molecule has 0 atom stereocenters. The van der Waals surface area contributed by atoms with Gasteiger partial charge in [-0.25, -0.2) is 4.98 Å². The number of aromatic nitrogens is 2. The second-order valence-corrected chi connectivity index (χ2v) is 3.66. The summed E-state index contributed by atoms with van der Waals surface area (Å²) < 4.78 is 10.4. The molecule has 0 saturated carbocycles. The molecule has 8 heteroatoms. The van der Waals surface area contributed by atoms with Crippen molar-refractivity contribution in [1.82, 2.24) is 9.97 Å². The first-order valence-electron chi connectivity index (χ1n) is 5.47. The summed E-state index contributed by atoms with van der Waals surface area (Å²) in [7, 11) is 1.62. The largest absolute Gasteiger partial charge is 0.466 e. The molecule has 0 saturated heterocycles. The van der Waals surface area contributed by atoms with Crippen molar-refractivity contribution in [1.29, 1.82) is 0 Å². The molecule has 2 aromatic rings. The maximum absolute atomic E-state index is 11.0. The zero-order valence-corrected chi connectivity index (χ0v) is 10.4. The third kappa shape index (κ3) is 2.79. The van der Waals surface area contributed by atoms with Crippen LogP contribution < -0.4 is 10.1 Å². The smallest absolute Gasteiger partial charge is 0.352 e. The molecule has 8 nitrogen and oxygen atoms in total. The van der Waals surface area contributed by atoms with Gasteiger partial charge in [0, 0.05) is 7.05 Å². The van der Waals surface area contributed by atoms with Crippen molar-refractivity contribution in [3.8, 4) is 5.88 Å². The number of nitro groups is 1. The fraction of sp³-hybridized carbons (Fsp3) is 0.273. The Morgan fingerprint density at radius 2 is 2.32 bits per heavy atom. The zero-order valence-electron chi connectivity index (χ0n) is 10.4. The normalized spacial score (nSPS) is 10.2. The number of nitrogens with zero attached hydrogens (tertiary/aromatic N) is 3. The van der Waals surface area contributed by atoms with Crippen LogP contribution in [0.4, 0.5) is 11.6 Å². The van der Waals surface area contributed by atoms with Gasteiger partial charge in [-0.05, 0) is 19.1 Å². The fourth-order valence-electron chi connectivity index (χ4n) is 1.50. The van der Waals surface area contributed by atoms with Crippen molar-refractivity contribution in [3.05, 3.63) is 40.0 Å². The lowest BCUT2D eigenvalue weighted by atomic mass is 10.3. The third-order valence-electron chi connectivity index (χ3n) is 2.36. The molecular weight excluding hydrogens is 252 g/mol. The van der Waals surface area contributed by atoms with Gasteiger partial charge in [-0.3, -0.25) is 10.1 Å². The molecule has 0 aliphatic carbocycles. The van der Waals surface area contributed by atoms with E-state index in [1.54, 1.807) is 19.2 Å². The highest BCUT2D eigenvalue weighted by molar-refractivity contribution is 5.48. The minimum Gasteiger partial charge on any atom is -0.466 e. The predicted molar refractivity (Wildman–Crippen MR) is 66.0 cm³/mol. The van der Waals surface area contributed by atoms with Crippen molar-refractivity contribution in [2.24, 2.45) is 0 Å². The Morgan fingerprint density at radius 1 is 1.53 bits per heavy atom. The van der Waals surface area contributed by atoms with Gasteiger partial charge in [-0.2, -0.15) is 4.98 Å². The highest BCUT2D eigenvalue weighted by Gasteiger charge is 2.23. The van der Waals surface area contributed by atoms with Gasteiger partial charge >= 0.3 is 5.69 Å². The average Bonchev–Trinajstić information content (AvgIpc) is 2.88. The molecule has 0 fully saturated rings. The highest BCUT2D eigenvalue weighted by Crippen LogP contribution is 2.29. The number of hydrogen-bond donors (Lipinski definition) is 1. The molecule has 2 aromatic heterocycles. The molecule has 2 rings (SSSR count). The number of anilines is 1. The van der Waals surface area contributed by atoms with Gasteiger partial charge in [0.05, 0.1) is 11.2 Å². The first-order valence-corrected chi connectivity index (χ1v) is 5.47. The van der Waals surface area contributed by atoms with Crippen molar-refractivity contribution in [3.63, 3.8) is 0 Å². The summed E-state index contributed by atoms with van der Waals surface area (Å²) in [5.41, 5.74) is -0.00986. The van der Waals surface area contributed by atoms with Crippen LogP contribution >= 0.6 is 0 Å². The van der Waals surface area contributed by atoms with Gasteiger partial charge in [0.25, 0.3) is 5.88 Å². The molecule has 0 amide bonds. The van der Waals surface area contributed by atoms with Crippen molar-refractivity contribution >= 4 is 11.6 Å². The summed E-state index contributed by atoms with van der Waals surface area (Å²) in [6.07, 6.45) is 1.50. The monoisotopic (exact) mass is 264 g/mol. The maximum atomic E-state index is 11.0. The Hall–Kier alpha value is -2.64. The van der Waals surface area contributed by atoms with E-state index < -0.39 is 4.92 Å². The minimum absolute atomic E-state index is 0.0629. The maximum Gasteiger partial charge on any atom is 0.352 e. The zero-order chi connectivity index (χ0) is 13.8. The Kier molecular flexibility index (Phi) is 3.60. The number of nitrogens with one attached hydrogen (secondary N) is 1. The van der Waals surface area contributed by atoms with E-state index in [1.165, 1.54) is 13.2 Å². The Balaban J connectivity index is 2.30. The van der Waals surface area contributed by atoms with Crippen LogP contribution in [-0.2, 0) is 6.61 Å². The van der Waals surface area contributed by atoms with Crippen LogP contribution in [0.25, 0.3) is 0 Å². The van der Waals surface area contributed by atoms with Crippen LogP contribution in [0.5, 0.6) is 5.88 Å². The summed E-state index contributed by atoms with van der Waals surface area (Å²) in [6.45, 7) is 1.59. The first-order chi connectivity index (χ1) is 9.11. The standard InChI is InChI=1S/C11H12N4O4/c1-7-9(15(16)17)10(14-11(12-2)13-7)19-6-8-4-3-5-18-8/h3-5H,6H2,1-2H3,(H,12,13,14). The van der Waals surface area contributed by atoms with Crippen molar-refractivity contribution in [2.45, 2.75) is 13.5 Å². The topological polar surface area (TPSA) is 103 Å². The van der Waals surface area contributed by atoms with E-state index >= 15 is 0 Å². The van der Waals surface area contributed by atoms with Crippen molar-refractivity contribution in [2.75, 3.05) is 12.4 Å². The molecule has 19 heavy (non-hydrogen) atoms. The van der Waals surface area contributed by atoms with Gasteiger partial charge in [0.15, 0.2) is 0 Å². The predicted octanol–water partition coefficient (Wildman–Crippen LogP) is 1.91. The summed E-state index contributed by atoms with van der Waals surface area (Å²) >= 11 is 0. The molecular formula is C11H12N4O4. The lowest BCUT2D eigenvalue weighted by molar-refractivity contribution is -0.387. The van der Waals surface area contributed by atoms with Gasteiger partial charge < -0.3 is 14.5 Å². The lowest BCUT2D eigenvalue weighted by Gasteiger charge is -2.07. The van der Waals surface area contributed by atoms with Gasteiger partial charge in [-0.15, -0.1) is 0 Å². The van der Waals surface area contributed by atoms with E-state index in [9.17, 15) is 10.1 Å². The number of ether oxygens (including phenoxy) is 1. The Bertz CT molecular complexity index is 583. The lowest BCUT2D eigenvalue weighted by Crippen LogP contribution is -2.07. The minimum atomic E-state index is -0.563. The number of hydrogen-bond acceptors (Lipinski definition) is 7. The van der Waals surface area contributed by atoms with Crippen LogP contribution in [-0.4, -0.2) is 21.9 Å². The van der Waals surface area contributed by atoms with E-state index in [2.05, 4.69) is 15.3 Å². The van der Waals surface area contributed by atoms with E-state index in [0.29, 0.717) is 5.76 Å². The molecule has 0 aliphatic heterocycles. The quantitative estimate of drug-likeness (QED) is 0.649. The third-order valence-corrected chi connectivity index (χ3v) is 2.36. The molecule has 2 heterocycles. The second kappa shape index (κ2) is 5.34. The van der Waals surface area contributed by atoms with E-state index in [4.69, 9.17) is 9.15 Å². The number of rotatable bonds is 5. The molecule has 0 spiro atoms. The van der Waals surface area contributed by atoms with Crippen LogP contribution in [0.15, 0.2) is 22.8 Å². The summed E-state index contributed by atoms with van der Waals surface area (Å²) in [5, 5.41) is 13.7. The van der Waals surface area contributed by atoms with Gasteiger partial charge in [-0.1, -0.05) is 0 Å². The summed E-state index contributed by atoms with van der Waals surface area (Å²) in [6, 6.07) is 3.41. The van der Waals surface area contributed by atoms with Gasteiger partial charge in [0.1, 0.15) is 18.1 Å². The summed E-state index contributed by atoms with van der Waals surface area (Å²) in [5.74, 6) is 0.729. The average molecular weight is 264 g/mol. The number of furan rings is 1. The molecule has 0 aliphatic rings. The molecule has 0 radical (unpaired) electrons. The van der Waals surface area contributed by atoms with Gasteiger partial charge in [0.2, 0.25) is 5.95 Å². The molecule has 0 bridgehead atoms. The Morgan fingerprint density at radius 3 is 2.89 bits per heavy atom. The number of aryl methyl sites for hydroxylation is 1. The molecule has 100 valence electrons. The Labute approximate surface area is 108 Å². The molecule has 0 aromatic carbocycles. The van der Waals surface area contributed by atoms with E-state index in [1.807, 2.05) is 0 Å². The van der Waals surface area contributed by atoms with Crippen LogP contribution in [0, 0.1) is 17.0 Å². The van der Waals surface area contributed by atoms with E-state index in [-0.39, 0.29) is 29.8 Å². The molecule has 1 N–H and O–H groups in total. The van der Waals surface area contributed by atoms with Crippen LogP contribution in [0.2, 0.25) is 0 Å². The van der Waals surface area contributed by atoms with Crippen LogP contribution in [0.1, 0.15) is 11.5 Å². The van der Waals surface area contributed by atoms with Crippen molar-refractivity contribution < 1.29 is 14.1 Å². The SMILES string of the molecule is CNc1nc(C)c([N+](=O)[O-])c(OCc2ccco2)n1. The summed E-state index contributed by atoms with van der Waals surface area (Å²) in [4.78, 5) is 18.3. The second-order valence-electron chi connectivity index (χ2n) is 3.66. The first kappa shape index (κ1) is 12.8.